The van der Waals surface area contributed by atoms with Gasteiger partial charge in [-0.3, -0.25) is 9.78 Å². The van der Waals surface area contributed by atoms with Gasteiger partial charge in [-0.15, -0.1) is 0 Å². The van der Waals surface area contributed by atoms with E-state index in [1.54, 1.807) is 24.3 Å². The van der Waals surface area contributed by atoms with Gasteiger partial charge < -0.3 is 10.1 Å². The minimum atomic E-state index is -0.829. The van der Waals surface area contributed by atoms with Crippen molar-refractivity contribution in [3.05, 3.63) is 53.8 Å². The van der Waals surface area contributed by atoms with E-state index >= 15 is 0 Å². The number of hydrogen-bond acceptors (Lipinski definition) is 6. The third-order valence-electron chi connectivity index (χ3n) is 4.17. The van der Waals surface area contributed by atoms with Crippen molar-refractivity contribution < 1.29 is 28.5 Å². The number of halogens is 1. The number of methoxy groups -OCH3 is 1. The highest BCUT2D eigenvalue weighted by atomic mass is 19.1. The summed E-state index contributed by atoms with van der Waals surface area (Å²) in [5, 5.41) is 3.06. The topological polar surface area (TPSA) is 73.9 Å². The van der Waals surface area contributed by atoms with Gasteiger partial charge in [-0.05, 0) is 24.6 Å². The van der Waals surface area contributed by atoms with E-state index in [0.717, 1.165) is 12.6 Å². The average molecular weight is 359 g/mol. The number of rotatable bonds is 5. The van der Waals surface area contributed by atoms with Crippen LogP contribution in [0.25, 0.3) is 11.1 Å². The highest BCUT2D eigenvalue weighted by molar-refractivity contribution is 5.92. The molecular weight excluding hydrogens is 341 g/mol. The normalized spacial score (nSPS) is 16.2. The van der Waals surface area contributed by atoms with Crippen molar-refractivity contribution in [1.29, 1.82) is 0 Å². The predicted molar refractivity (Wildman–Crippen MR) is 90.9 cm³/mol. The predicted octanol–water partition coefficient (Wildman–Crippen LogP) is 2.73. The van der Waals surface area contributed by atoms with E-state index in [-0.39, 0.29) is 17.2 Å². The molecule has 1 atom stereocenters. The van der Waals surface area contributed by atoms with Crippen molar-refractivity contribution in [2.75, 3.05) is 20.2 Å². The lowest BCUT2D eigenvalue weighted by Crippen LogP contribution is -2.21. The first kappa shape index (κ1) is 17.9. The second kappa shape index (κ2) is 7.97. The molecule has 7 heteroatoms. The molecule has 1 aliphatic heterocycles. The number of nitrogens with one attached hydrogen (secondary N) is 1. The molecule has 136 valence electrons. The van der Waals surface area contributed by atoms with Crippen LogP contribution in [-0.4, -0.2) is 32.1 Å². The average Bonchev–Trinajstić information content (AvgIpc) is 3.21. The Morgan fingerprint density at radius 3 is 2.62 bits per heavy atom. The maximum absolute atomic E-state index is 14.3. The van der Waals surface area contributed by atoms with Crippen LogP contribution in [0, 0.1) is 11.7 Å². The van der Waals surface area contributed by atoms with Gasteiger partial charge in [-0.25, -0.2) is 14.0 Å². The molecule has 0 amide bonds. The van der Waals surface area contributed by atoms with Crippen molar-refractivity contribution in [2.45, 2.75) is 6.42 Å². The molecule has 1 unspecified atom stereocenters. The summed E-state index contributed by atoms with van der Waals surface area (Å²) in [4.78, 5) is 33.8. The van der Waals surface area contributed by atoms with Crippen molar-refractivity contribution in [3.63, 3.8) is 0 Å². The molecule has 1 heterocycles. The first-order valence-corrected chi connectivity index (χ1v) is 8.16. The largest absolute Gasteiger partial charge is 0.465 e. The molecule has 1 N–H and O–H groups in total. The SMILES string of the molecule is COC(=O)c1cc(-c2ccccc2)c(OOC(=O)C2CCNC2)cc1F. The van der Waals surface area contributed by atoms with Crippen molar-refractivity contribution in [1.82, 2.24) is 5.32 Å². The van der Waals surface area contributed by atoms with E-state index in [2.05, 4.69) is 10.1 Å². The molecule has 3 rings (SSSR count). The third-order valence-corrected chi connectivity index (χ3v) is 4.17. The van der Waals surface area contributed by atoms with Crippen molar-refractivity contribution in [3.8, 4) is 16.9 Å². The highest BCUT2D eigenvalue weighted by Crippen LogP contribution is 2.33. The summed E-state index contributed by atoms with van der Waals surface area (Å²) in [7, 11) is 1.17. The summed E-state index contributed by atoms with van der Waals surface area (Å²) in [5.74, 6) is -2.45. The zero-order valence-corrected chi connectivity index (χ0v) is 14.2. The minimum absolute atomic E-state index is 0.000610. The number of hydrogen-bond donors (Lipinski definition) is 1. The van der Waals surface area contributed by atoms with Crippen LogP contribution in [0.2, 0.25) is 0 Å². The Morgan fingerprint density at radius 2 is 1.96 bits per heavy atom. The number of carbonyl (C=O) groups is 2. The fourth-order valence-corrected chi connectivity index (χ4v) is 2.74. The number of esters is 1. The lowest BCUT2D eigenvalue weighted by molar-refractivity contribution is -0.217. The molecular formula is C19H18FNO5. The van der Waals surface area contributed by atoms with Crippen LogP contribution in [0.5, 0.6) is 5.75 Å². The molecule has 0 aromatic heterocycles. The van der Waals surface area contributed by atoms with Gasteiger partial charge in [0, 0.05) is 18.2 Å². The van der Waals surface area contributed by atoms with Crippen molar-refractivity contribution >= 4 is 11.9 Å². The van der Waals surface area contributed by atoms with E-state index in [4.69, 9.17) is 9.78 Å². The monoisotopic (exact) mass is 359 g/mol. The fraction of sp³-hybridized carbons (Fsp3) is 0.263. The molecule has 0 bridgehead atoms. The van der Waals surface area contributed by atoms with Crippen LogP contribution in [0.15, 0.2) is 42.5 Å². The van der Waals surface area contributed by atoms with E-state index < -0.39 is 17.8 Å². The Hall–Kier alpha value is -2.93. The number of ether oxygens (including phenoxy) is 1. The Kier molecular flexibility index (Phi) is 5.48. The molecule has 0 radical (unpaired) electrons. The number of carbonyl (C=O) groups excluding carboxylic acids is 2. The van der Waals surface area contributed by atoms with Crippen molar-refractivity contribution in [2.24, 2.45) is 5.92 Å². The van der Waals surface area contributed by atoms with Gasteiger partial charge in [-0.1, -0.05) is 30.3 Å². The summed E-state index contributed by atoms with van der Waals surface area (Å²) in [6, 6.07) is 11.3. The van der Waals surface area contributed by atoms with Gasteiger partial charge in [0.05, 0.1) is 18.6 Å². The zero-order valence-electron chi connectivity index (χ0n) is 14.2. The fourth-order valence-electron chi connectivity index (χ4n) is 2.74. The lowest BCUT2D eigenvalue weighted by Gasteiger charge is -2.13. The second-order valence-corrected chi connectivity index (χ2v) is 5.86. The summed E-state index contributed by atoms with van der Waals surface area (Å²) < 4.78 is 18.9. The van der Waals surface area contributed by atoms with Crippen LogP contribution in [0.4, 0.5) is 4.39 Å². The summed E-state index contributed by atoms with van der Waals surface area (Å²) in [6.07, 6.45) is 0.656. The summed E-state index contributed by atoms with van der Waals surface area (Å²) in [6.45, 7) is 1.25. The van der Waals surface area contributed by atoms with Gasteiger partial charge in [-0.2, -0.15) is 0 Å². The Balaban J connectivity index is 1.91. The van der Waals surface area contributed by atoms with E-state index in [1.807, 2.05) is 6.07 Å². The Labute approximate surface area is 149 Å². The molecule has 6 nitrogen and oxygen atoms in total. The second-order valence-electron chi connectivity index (χ2n) is 5.86. The molecule has 1 fully saturated rings. The molecule has 2 aromatic carbocycles. The standard InChI is InChI=1S/C19H18FNO5/c1-24-19(23)15-9-14(12-5-3-2-4-6-12)17(10-16(15)20)25-26-18(22)13-7-8-21-11-13/h2-6,9-10,13,21H,7-8,11H2,1H3. The first-order chi connectivity index (χ1) is 12.6. The number of benzene rings is 2. The Morgan fingerprint density at radius 1 is 1.19 bits per heavy atom. The molecule has 0 aliphatic carbocycles. The van der Waals surface area contributed by atoms with E-state index in [9.17, 15) is 14.0 Å². The van der Waals surface area contributed by atoms with Crippen LogP contribution < -0.4 is 10.2 Å². The van der Waals surface area contributed by atoms with Gasteiger partial charge in [0.2, 0.25) is 0 Å². The first-order valence-electron chi connectivity index (χ1n) is 8.16. The molecule has 1 saturated heterocycles. The summed E-state index contributed by atoms with van der Waals surface area (Å²) >= 11 is 0. The van der Waals surface area contributed by atoms with Gasteiger partial charge in [0.1, 0.15) is 5.82 Å². The van der Waals surface area contributed by atoms with Gasteiger partial charge >= 0.3 is 11.9 Å². The van der Waals surface area contributed by atoms with Crippen LogP contribution in [0.3, 0.4) is 0 Å². The summed E-state index contributed by atoms with van der Waals surface area (Å²) in [5.41, 5.74) is 0.848. The highest BCUT2D eigenvalue weighted by Gasteiger charge is 2.26. The molecule has 26 heavy (non-hydrogen) atoms. The quantitative estimate of drug-likeness (QED) is 0.503. The van der Waals surface area contributed by atoms with Crippen LogP contribution >= 0.6 is 0 Å². The smallest absolute Gasteiger partial charge is 0.359 e. The van der Waals surface area contributed by atoms with E-state index in [0.29, 0.717) is 24.1 Å². The minimum Gasteiger partial charge on any atom is -0.465 e. The molecule has 1 aliphatic rings. The third kappa shape index (κ3) is 3.83. The maximum atomic E-state index is 14.3. The maximum Gasteiger partial charge on any atom is 0.359 e. The van der Waals surface area contributed by atoms with Gasteiger partial charge in [0.15, 0.2) is 5.75 Å². The Bertz CT molecular complexity index is 803. The van der Waals surface area contributed by atoms with Gasteiger partial charge in [0.25, 0.3) is 0 Å². The van der Waals surface area contributed by atoms with Crippen LogP contribution in [0.1, 0.15) is 16.8 Å². The molecule has 2 aromatic rings. The molecule has 0 spiro atoms. The van der Waals surface area contributed by atoms with E-state index in [1.165, 1.54) is 13.2 Å². The zero-order chi connectivity index (χ0) is 18.5. The lowest BCUT2D eigenvalue weighted by atomic mass is 10.0. The van der Waals surface area contributed by atoms with Crippen LogP contribution in [-0.2, 0) is 14.4 Å². The molecule has 0 saturated carbocycles.